The molecule has 0 aliphatic carbocycles. The molecule has 1 rings (SSSR count). The largest absolute Gasteiger partial charge is 0.497 e. The van der Waals surface area contributed by atoms with E-state index in [0.29, 0.717) is 12.1 Å². The minimum atomic E-state index is -4.84. The summed E-state index contributed by atoms with van der Waals surface area (Å²) in [5, 5.41) is 0. The molecule has 0 saturated carbocycles. The third-order valence-electron chi connectivity index (χ3n) is 1.80. The number of alkyl halides is 6. The second-order valence-electron chi connectivity index (χ2n) is 2.95. The Bertz CT molecular complexity index is 349. The van der Waals surface area contributed by atoms with Crippen molar-refractivity contribution in [3.63, 3.8) is 0 Å². The lowest BCUT2D eigenvalue weighted by atomic mass is 10.1. The van der Waals surface area contributed by atoms with Gasteiger partial charge in [0.15, 0.2) is 0 Å². The second-order valence-corrected chi connectivity index (χ2v) is 2.95. The molecule has 0 aliphatic rings. The fraction of sp³-hybridized carbons (Fsp3) is 0.538. The first-order valence-corrected chi connectivity index (χ1v) is 5.98. The van der Waals surface area contributed by atoms with Crippen LogP contribution >= 0.6 is 0 Å². The van der Waals surface area contributed by atoms with E-state index in [1.807, 2.05) is 27.7 Å². The first-order chi connectivity index (χ1) is 9.14. The first kappa shape index (κ1) is 20.9. The molecule has 118 valence electrons. The molecule has 1 nitrogen and oxygen atoms in total. The van der Waals surface area contributed by atoms with E-state index in [1.165, 1.54) is 0 Å². The van der Waals surface area contributed by atoms with Crippen LogP contribution in [0.2, 0.25) is 0 Å². The summed E-state index contributed by atoms with van der Waals surface area (Å²) in [4.78, 5) is 0. The number of hydrogen-bond donors (Lipinski definition) is 0. The molecule has 0 bridgehead atoms. The van der Waals surface area contributed by atoms with Crippen LogP contribution in [0.3, 0.4) is 0 Å². The summed E-state index contributed by atoms with van der Waals surface area (Å²) in [6.45, 7) is 8.00. The molecule has 0 unspecified atom stereocenters. The smallest absolute Gasteiger partial charge is 0.416 e. The molecule has 0 atom stereocenters. The number of methoxy groups -OCH3 is 1. The van der Waals surface area contributed by atoms with Crippen LogP contribution in [0.1, 0.15) is 38.8 Å². The molecule has 0 aliphatic heterocycles. The summed E-state index contributed by atoms with van der Waals surface area (Å²) in [6.07, 6.45) is -9.68. The third kappa shape index (κ3) is 6.68. The zero-order valence-electron chi connectivity index (χ0n) is 11.9. The average molecular weight is 304 g/mol. The highest BCUT2D eigenvalue weighted by Crippen LogP contribution is 2.37. The van der Waals surface area contributed by atoms with E-state index in [-0.39, 0.29) is 6.07 Å². The van der Waals surface area contributed by atoms with Crippen LogP contribution in [0.4, 0.5) is 26.3 Å². The number of hydrogen-bond acceptors (Lipinski definition) is 1. The zero-order valence-corrected chi connectivity index (χ0v) is 11.9. The Morgan fingerprint density at radius 1 is 0.700 bits per heavy atom. The average Bonchev–Trinajstić information content (AvgIpc) is 2.41. The van der Waals surface area contributed by atoms with Gasteiger partial charge in [0, 0.05) is 0 Å². The maximum atomic E-state index is 12.2. The fourth-order valence-electron chi connectivity index (χ4n) is 1.04. The van der Waals surface area contributed by atoms with E-state index in [4.69, 9.17) is 0 Å². The first-order valence-electron chi connectivity index (χ1n) is 5.98. The summed E-state index contributed by atoms with van der Waals surface area (Å²) in [5.74, 6) is -0.484. The zero-order chi connectivity index (χ0) is 16.6. The molecule has 0 radical (unpaired) electrons. The molecule has 0 amide bonds. The van der Waals surface area contributed by atoms with Crippen molar-refractivity contribution in [1.82, 2.24) is 0 Å². The van der Waals surface area contributed by atoms with Crippen molar-refractivity contribution >= 4 is 0 Å². The van der Waals surface area contributed by atoms with Crippen molar-refractivity contribution in [3.8, 4) is 5.75 Å². The Morgan fingerprint density at radius 3 is 1.20 bits per heavy atom. The number of benzene rings is 1. The lowest BCUT2D eigenvalue weighted by Gasteiger charge is -2.13. The van der Waals surface area contributed by atoms with Crippen LogP contribution in [-0.4, -0.2) is 7.11 Å². The summed E-state index contributed by atoms with van der Waals surface area (Å²) >= 11 is 0. The topological polar surface area (TPSA) is 9.23 Å². The lowest BCUT2D eigenvalue weighted by Crippen LogP contribution is -2.11. The normalized spacial score (nSPS) is 10.8. The lowest BCUT2D eigenvalue weighted by molar-refractivity contribution is -0.143. The van der Waals surface area contributed by atoms with Crippen molar-refractivity contribution in [2.45, 2.75) is 40.0 Å². The molecule has 0 spiro atoms. The predicted molar refractivity (Wildman–Crippen MR) is 65.7 cm³/mol. The van der Waals surface area contributed by atoms with Gasteiger partial charge in [-0.25, -0.2) is 0 Å². The standard InChI is InChI=1S/C9H6F6O.2C2H6/c1-16-7-3-5(8(10,11)12)2-6(4-7)9(13,14)15;2*1-2/h2-4H,1H3;2*1-2H3. The Kier molecular flexibility index (Phi) is 9.10. The summed E-state index contributed by atoms with van der Waals surface area (Å²) in [6, 6.07) is 1.06. The quantitative estimate of drug-likeness (QED) is 0.597. The summed E-state index contributed by atoms with van der Waals surface area (Å²) < 4.78 is 77.9. The van der Waals surface area contributed by atoms with E-state index >= 15 is 0 Å². The minimum absolute atomic E-state index is 0.0442. The van der Waals surface area contributed by atoms with Crippen molar-refractivity contribution in [3.05, 3.63) is 29.3 Å². The molecule has 7 heteroatoms. The maximum Gasteiger partial charge on any atom is 0.416 e. The van der Waals surface area contributed by atoms with Crippen LogP contribution in [0.25, 0.3) is 0 Å². The molecule has 1 aromatic carbocycles. The summed E-state index contributed by atoms with van der Waals surface area (Å²) in [5.41, 5.74) is -2.78. The number of ether oxygens (including phenoxy) is 1. The molecule has 20 heavy (non-hydrogen) atoms. The predicted octanol–water partition coefficient (Wildman–Crippen LogP) is 5.79. The van der Waals surface area contributed by atoms with Gasteiger partial charge in [0.2, 0.25) is 0 Å². The van der Waals surface area contributed by atoms with Crippen LogP contribution in [0, 0.1) is 0 Å². The van der Waals surface area contributed by atoms with Gasteiger partial charge >= 0.3 is 12.4 Å². The molecule has 0 N–H and O–H groups in total. The van der Waals surface area contributed by atoms with E-state index in [9.17, 15) is 26.3 Å². The van der Waals surface area contributed by atoms with Gasteiger partial charge in [0.25, 0.3) is 0 Å². The number of rotatable bonds is 1. The highest BCUT2D eigenvalue weighted by molar-refractivity contribution is 5.37. The fourth-order valence-corrected chi connectivity index (χ4v) is 1.04. The van der Waals surface area contributed by atoms with Gasteiger partial charge in [-0.05, 0) is 18.2 Å². The molecule has 0 aromatic heterocycles. The van der Waals surface area contributed by atoms with Crippen LogP contribution in [-0.2, 0) is 12.4 Å². The monoisotopic (exact) mass is 304 g/mol. The SMILES string of the molecule is CC.CC.COc1cc(C(F)(F)F)cc(C(F)(F)F)c1. The van der Waals surface area contributed by atoms with Crippen molar-refractivity contribution in [1.29, 1.82) is 0 Å². The Balaban J connectivity index is 0. The van der Waals surface area contributed by atoms with Crippen LogP contribution in [0.5, 0.6) is 5.75 Å². The number of halogens is 6. The van der Waals surface area contributed by atoms with E-state index in [2.05, 4.69) is 4.74 Å². The van der Waals surface area contributed by atoms with Gasteiger partial charge in [0.1, 0.15) is 5.75 Å². The summed E-state index contributed by atoms with van der Waals surface area (Å²) in [7, 11) is 0.996. The van der Waals surface area contributed by atoms with Gasteiger partial charge in [-0.1, -0.05) is 27.7 Å². The van der Waals surface area contributed by atoms with Gasteiger partial charge in [0.05, 0.1) is 18.2 Å². The van der Waals surface area contributed by atoms with Gasteiger partial charge in [-0.3, -0.25) is 0 Å². The van der Waals surface area contributed by atoms with Crippen molar-refractivity contribution in [2.75, 3.05) is 7.11 Å². The van der Waals surface area contributed by atoms with Crippen LogP contribution < -0.4 is 4.74 Å². The minimum Gasteiger partial charge on any atom is -0.497 e. The Morgan fingerprint density at radius 2 is 1.00 bits per heavy atom. The van der Waals surface area contributed by atoms with Gasteiger partial charge < -0.3 is 4.74 Å². The highest BCUT2D eigenvalue weighted by Gasteiger charge is 2.37. The molecule has 0 heterocycles. The molecular formula is C13H18F6O. The molecule has 1 aromatic rings. The van der Waals surface area contributed by atoms with Gasteiger partial charge in [-0.2, -0.15) is 26.3 Å². The van der Waals surface area contributed by atoms with Crippen LogP contribution in [0.15, 0.2) is 18.2 Å². The third-order valence-corrected chi connectivity index (χ3v) is 1.80. The Labute approximate surface area is 114 Å². The van der Waals surface area contributed by atoms with E-state index in [0.717, 1.165) is 7.11 Å². The Hall–Kier alpha value is -1.40. The van der Waals surface area contributed by atoms with Crippen molar-refractivity contribution < 1.29 is 31.1 Å². The maximum absolute atomic E-state index is 12.2. The van der Waals surface area contributed by atoms with E-state index < -0.39 is 29.2 Å². The highest BCUT2D eigenvalue weighted by atomic mass is 19.4. The molecular weight excluding hydrogens is 286 g/mol. The van der Waals surface area contributed by atoms with Gasteiger partial charge in [-0.15, -0.1) is 0 Å². The second kappa shape index (κ2) is 8.71. The molecule has 0 saturated heterocycles. The van der Waals surface area contributed by atoms with Crippen molar-refractivity contribution in [2.24, 2.45) is 0 Å². The molecule has 0 fully saturated rings. The van der Waals surface area contributed by atoms with E-state index in [1.54, 1.807) is 0 Å².